The summed E-state index contributed by atoms with van der Waals surface area (Å²) in [5.41, 5.74) is 2.13. The van der Waals surface area contributed by atoms with E-state index in [2.05, 4.69) is 5.43 Å². The Morgan fingerprint density at radius 3 is 2.73 bits per heavy atom. The molecule has 0 spiro atoms. The first kappa shape index (κ1) is 12.5. The fourth-order valence-electron chi connectivity index (χ4n) is 2.00. The molecule has 1 unspecified atom stereocenters. The third-order valence-corrected chi connectivity index (χ3v) is 2.92. The molecule has 88 valence electrons. The number of ether oxygens (including phenoxy) is 1. The molecule has 3 N–H and O–H groups in total. The summed E-state index contributed by atoms with van der Waals surface area (Å²) < 4.78 is 5.87. The highest BCUT2D eigenvalue weighted by Gasteiger charge is 2.16. The highest BCUT2D eigenvalue weighted by atomic mass is 16.5. The Morgan fingerprint density at radius 2 is 2.13 bits per heavy atom. The summed E-state index contributed by atoms with van der Waals surface area (Å²) in [6.07, 6.45) is 8.01. The molecule has 1 rings (SSSR count). The van der Waals surface area contributed by atoms with Gasteiger partial charge in [0.25, 0.3) is 0 Å². The zero-order valence-electron chi connectivity index (χ0n) is 9.50. The van der Waals surface area contributed by atoms with Crippen LogP contribution in [0.15, 0.2) is 0 Å². The molecule has 0 bridgehead atoms. The Balaban J connectivity index is 2.11. The lowest BCUT2D eigenvalue weighted by atomic mass is 9.97. The van der Waals surface area contributed by atoms with Crippen LogP contribution in [0.3, 0.4) is 0 Å². The third kappa shape index (κ3) is 5.14. The first-order valence-corrected chi connectivity index (χ1v) is 5.87. The van der Waals surface area contributed by atoms with Gasteiger partial charge in [-0.3, -0.25) is 10.2 Å². The maximum atomic E-state index is 10.9. The maximum absolute atomic E-state index is 10.9. The maximum Gasteiger partial charge on any atom is 0.233 e. The van der Waals surface area contributed by atoms with Gasteiger partial charge in [-0.05, 0) is 26.2 Å². The Bertz CT molecular complexity index is 191. The van der Waals surface area contributed by atoms with Crippen molar-refractivity contribution >= 4 is 5.91 Å². The van der Waals surface area contributed by atoms with Crippen molar-refractivity contribution in [3.63, 3.8) is 0 Å². The molecule has 0 saturated heterocycles. The van der Waals surface area contributed by atoms with Crippen molar-refractivity contribution in [2.24, 2.45) is 5.84 Å². The molecule has 1 fully saturated rings. The standard InChI is InChI=1S/C11H22N2O2/c1-9(7-8-11(14)13-12)15-10-5-3-2-4-6-10/h9-10H,2-8,12H2,1H3,(H,13,14). The van der Waals surface area contributed by atoms with E-state index in [4.69, 9.17) is 10.6 Å². The molecule has 1 atom stereocenters. The topological polar surface area (TPSA) is 64.4 Å². The van der Waals surface area contributed by atoms with Crippen LogP contribution in [0, 0.1) is 0 Å². The van der Waals surface area contributed by atoms with Crippen molar-refractivity contribution in [1.82, 2.24) is 5.43 Å². The van der Waals surface area contributed by atoms with Gasteiger partial charge in [0, 0.05) is 6.42 Å². The Kier molecular flexibility index (Phi) is 5.65. The van der Waals surface area contributed by atoms with E-state index in [1.807, 2.05) is 6.92 Å². The molecule has 0 aromatic rings. The molecule has 1 amide bonds. The summed E-state index contributed by atoms with van der Waals surface area (Å²) in [7, 11) is 0. The predicted molar refractivity (Wildman–Crippen MR) is 59.0 cm³/mol. The van der Waals surface area contributed by atoms with Gasteiger partial charge < -0.3 is 4.74 Å². The molecule has 15 heavy (non-hydrogen) atoms. The fourth-order valence-corrected chi connectivity index (χ4v) is 2.00. The van der Waals surface area contributed by atoms with E-state index >= 15 is 0 Å². The van der Waals surface area contributed by atoms with Crippen LogP contribution in [0.25, 0.3) is 0 Å². The van der Waals surface area contributed by atoms with Crippen LogP contribution in [0.5, 0.6) is 0 Å². The van der Waals surface area contributed by atoms with Crippen LogP contribution >= 0.6 is 0 Å². The predicted octanol–water partition coefficient (Wildman–Crippen LogP) is 1.49. The normalized spacial score (nSPS) is 19.9. The Labute approximate surface area is 91.5 Å². The lowest BCUT2D eigenvalue weighted by Gasteiger charge is -2.25. The monoisotopic (exact) mass is 214 g/mol. The van der Waals surface area contributed by atoms with Gasteiger partial charge in [0.2, 0.25) is 5.91 Å². The van der Waals surface area contributed by atoms with E-state index in [9.17, 15) is 4.79 Å². The summed E-state index contributed by atoms with van der Waals surface area (Å²) in [4.78, 5) is 10.9. The number of hydrogen-bond donors (Lipinski definition) is 2. The molecule has 1 saturated carbocycles. The number of amides is 1. The summed E-state index contributed by atoms with van der Waals surface area (Å²) in [5.74, 6) is 4.89. The van der Waals surface area contributed by atoms with Crippen LogP contribution in [0.4, 0.5) is 0 Å². The smallest absolute Gasteiger partial charge is 0.233 e. The van der Waals surface area contributed by atoms with Gasteiger partial charge >= 0.3 is 0 Å². The summed E-state index contributed by atoms with van der Waals surface area (Å²) in [6, 6.07) is 0. The zero-order chi connectivity index (χ0) is 11.1. The lowest BCUT2D eigenvalue weighted by molar-refractivity contribution is -0.122. The van der Waals surface area contributed by atoms with Gasteiger partial charge in [-0.2, -0.15) is 0 Å². The van der Waals surface area contributed by atoms with E-state index in [0.29, 0.717) is 12.5 Å². The summed E-state index contributed by atoms with van der Waals surface area (Å²) in [6.45, 7) is 2.03. The number of rotatable bonds is 5. The first-order valence-electron chi connectivity index (χ1n) is 5.87. The molecule has 0 aliphatic heterocycles. The molecule has 0 radical (unpaired) electrons. The number of nitrogens with one attached hydrogen (secondary N) is 1. The van der Waals surface area contributed by atoms with Crippen molar-refractivity contribution in [3.8, 4) is 0 Å². The molecular formula is C11H22N2O2. The van der Waals surface area contributed by atoms with Gasteiger partial charge in [-0.15, -0.1) is 0 Å². The number of carbonyl (C=O) groups is 1. The quantitative estimate of drug-likeness (QED) is 0.414. The van der Waals surface area contributed by atoms with Crippen LogP contribution in [0.1, 0.15) is 51.9 Å². The molecule has 4 heteroatoms. The van der Waals surface area contributed by atoms with Crippen molar-refractivity contribution in [2.75, 3.05) is 0 Å². The first-order chi connectivity index (χ1) is 7.22. The van der Waals surface area contributed by atoms with Gasteiger partial charge in [0.1, 0.15) is 0 Å². The van der Waals surface area contributed by atoms with Crippen molar-refractivity contribution < 1.29 is 9.53 Å². The van der Waals surface area contributed by atoms with E-state index in [1.165, 1.54) is 32.1 Å². The van der Waals surface area contributed by atoms with Crippen molar-refractivity contribution in [2.45, 2.75) is 64.1 Å². The van der Waals surface area contributed by atoms with Gasteiger partial charge in [-0.25, -0.2) is 5.84 Å². The molecule has 1 aliphatic carbocycles. The number of carbonyl (C=O) groups excluding carboxylic acids is 1. The molecule has 0 heterocycles. The third-order valence-electron chi connectivity index (χ3n) is 2.92. The molecular weight excluding hydrogens is 192 g/mol. The van der Waals surface area contributed by atoms with Crippen molar-refractivity contribution in [3.05, 3.63) is 0 Å². The Morgan fingerprint density at radius 1 is 1.47 bits per heavy atom. The highest BCUT2D eigenvalue weighted by molar-refractivity contribution is 5.75. The van der Waals surface area contributed by atoms with E-state index in [1.54, 1.807) is 0 Å². The van der Waals surface area contributed by atoms with Gasteiger partial charge in [-0.1, -0.05) is 19.3 Å². The molecule has 4 nitrogen and oxygen atoms in total. The minimum Gasteiger partial charge on any atom is -0.375 e. The van der Waals surface area contributed by atoms with Crippen LogP contribution in [-0.2, 0) is 9.53 Å². The average Bonchev–Trinajstić information content (AvgIpc) is 2.27. The fraction of sp³-hybridized carbons (Fsp3) is 0.909. The SMILES string of the molecule is CC(CCC(=O)NN)OC1CCCCC1. The van der Waals surface area contributed by atoms with E-state index in [-0.39, 0.29) is 12.0 Å². The van der Waals surface area contributed by atoms with E-state index in [0.717, 1.165) is 6.42 Å². The summed E-state index contributed by atoms with van der Waals surface area (Å²) in [5, 5.41) is 0. The molecule has 0 aromatic heterocycles. The largest absolute Gasteiger partial charge is 0.375 e. The second kappa shape index (κ2) is 6.80. The van der Waals surface area contributed by atoms with Gasteiger partial charge in [0.05, 0.1) is 12.2 Å². The van der Waals surface area contributed by atoms with Crippen LogP contribution in [-0.4, -0.2) is 18.1 Å². The summed E-state index contributed by atoms with van der Waals surface area (Å²) >= 11 is 0. The van der Waals surface area contributed by atoms with Gasteiger partial charge in [0.15, 0.2) is 0 Å². The Hall–Kier alpha value is -0.610. The van der Waals surface area contributed by atoms with Crippen molar-refractivity contribution in [1.29, 1.82) is 0 Å². The number of hydrazine groups is 1. The minimum atomic E-state index is -0.117. The second-order valence-corrected chi connectivity index (χ2v) is 4.31. The van der Waals surface area contributed by atoms with Crippen LogP contribution < -0.4 is 11.3 Å². The zero-order valence-corrected chi connectivity index (χ0v) is 9.50. The molecule has 0 aromatic carbocycles. The average molecular weight is 214 g/mol. The lowest BCUT2D eigenvalue weighted by Crippen LogP contribution is -2.31. The van der Waals surface area contributed by atoms with E-state index < -0.39 is 0 Å². The van der Waals surface area contributed by atoms with Crippen LogP contribution in [0.2, 0.25) is 0 Å². The highest BCUT2D eigenvalue weighted by Crippen LogP contribution is 2.22. The number of hydrogen-bond acceptors (Lipinski definition) is 3. The second-order valence-electron chi connectivity index (χ2n) is 4.31. The molecule has 1 aliphatic rings. The minimum absolute atomic E-state index is 0.117. The number of nitrogens with two attached hydrogens (primary N) is 1.